The third-order valence-corrected chi connectivity index (χ3v) is 7.40. The smallest absolute Gasteiger partial charge is 0.384 e. The third-order valence-electron chi connectivity index (χ3n) is 3.28. The van der Waals surface area contributed by atoms with Gasteiger partial charge in [-0.1, -0.05) is 12.2 Å². The topological polar surface area (TPSA) is 276 Å². The normalized spacial score (nSPS) is 29.7. The van der Waals surface area contributed by atoms with Crippen molar-refractivity contribution in [3.05, 3.63) is 37.6 Å². The Hall–Kier alpha value is -1.40. The molecule has 1 aromatic rings. The first-order valence-corrected chi connectivity index (χ1v) is 12.3. The summed E-state index contributed by atoms with van der Waals surface area (Å²) in [5.74, 6) is -4.87. The molecule has 6 N–H and O–H groups in total. The van der Waals surface area contributed by atoms with Crippen LogP contribution in [-0.4, -0.2) is 52.4 Å². The fraction of sp³-hybridized carbons (Fsp3) is 0.500. The van der Waals surface area contributed by atoms with E-state index in [4.69, 9.17) is 24.9 Å². The van der Waals surface area contributed by atoms with Crippen LogP contribution in [0.2, 0.25) is 0 Å². The molecule has 1 aromatic heterocycles. The number of aromatic amines is 1. The van der Waals surface area contributed by atoms with Gasteiger partial charge < -0.3 is 29.4 Å². The summed E-state index contributed by atoms with van der Waals surface area (Å²) in [7, 11) is -18.0. The first-order chi connectivity index (χ1) is 14.4. The van der Waals surface area contributed by atoms with Crippen LogP contribution in [0, 0.1) is 10.5 Å². The van der Waals surface area contributed by atoms with Gasteiger partial charge in [0.15, 0.2) is 24.3 Å². The average molecular weight is 547 g/mol. The van der Waals surface area contributed by atoms with E-state index in [1.165, 1.54) is 0 Å². The van der Waals surface area contributed by atoms with Crippen molar-refractivity contribution in [1.29, 1.82) is 0 Å². The molecule has 6 atom stereocenters. The first-order valence-electron chi connectivity index (χ1n) is 7.34. The van der Waals surface area contributed by atoms with Gasteiger partial charge in [-0.2, -0.15) is 8.62 Å². The molecule has 0 amide bonds. The average Bonchev–Trinajstić information content (AvgIpc) is 2.80. The molecular formula is C8H10F2N5O13P3S. The summed E-state index contributed by atoms with van der Waals surface area (Å²) in [6, 6.07) is 0. The number of ether oxygens (including phenoxy) is 1. The van der Waals surface area contributed by atoms with Gasteiger partial charge in [-0.15, -0.1) is 0 Å². The number of H-pyrrole nitrogens is 1. The minimum atomic E-state index is -6.14. The quantitative estimate of drug-likeness (QED) is 0.0854. The zero-order valence-electron chi connectivity index (χ0n) is 14.6. The highest BCUT2D eigenvalue weighted by Crippen LogP contribution is 2.68. The number of hydrogen-bond donors (Lipinski definition) is 6. The molecule has 2 heterocycles. The number of aromatic nitrogens is 2. The summed E-state index contributed by atoms with van der Waals surface area (Å²) in [5, 5.41) is 12.7. The summed E-state index contributed by atoms with van der Waals surface area (Å²) < 4.78 is 77.5. The molecule has 0 spiro atoms. The number of nitrogens with one attached hydrogen (secondary N) is 1. The second kappa shape index (κ2) is 9.09. The second-order valence-electron chi connectivity index (χ2n) is 5.54. The Kier molecular flexibility index (Phi) is 7.63. The van der Waals surface area contributed by atoms with Crippen molar-refractivity contribution in [1.82, 2.24) is 9.55 Å². The van der Waals surface area contributed by atoms with Crippen LogP contribution >= 0.6 is 35.7 Å². The van der Waals surface area contributed by atoms with E-state index < -0.39 is 64.0 Å². The lowest BCUT2D eigenvalue weighted by atomic mass is 10.2. The number of nitrogens with zero attached hydrogens (tertiary/aromatic N) is 4. The first kappa shape index (κ1) is 26.8. The number of halogens is 2. The molecule has 32 heavy (non-hydrogen) atoms. The molecule has 24 heteroatoms. The van der Waals surface area contributed by atoms with Crippen LogP contribution in [-0.2, 0) is 31.6 Å². The van der Waals surface area contributed by atoms with Gasteiger partial charge >= 0.3 is 29.2 Å². The molecule has 0 saturated carbocycles. The van der Waals surface area contributed by atoms with Crippen molar-refractivity contribution in [2.24, 2.45) is 5.11 Å². The summed E-state index contributed by atoms with van der Waals surface area (Å²) in [6.45, 7) is 0. The second-order valence-corrected chi connectivity index (χ2v) is 10.3. The lowest BCUT2D eigenvalue weighted by molar-refractivity contribution is -0.222. The molecule has 0 bridgehead atoms. The molecule has 3 unspecified atom stereocenters. The van der Waals surface area contributed by atoms with Gasteiger partial charge in [0.1, 0.15) is 4.64 Å². The maximum Gasteiger partial charge on any atom is 0.490 e. The molecule has 1 aliphatic heterocycles. The number of aliphatic hydroxyl groups is 1. The Bertz CT molecular complexity index is 1210. The van der Waals surface area contributed by atoms with Crippen LogP contribution < -0.4 is 5.69 Å². The molecule has 0 aromatic carbocycles. The number of rotatable bonds is 8. The molecule has 1 fully saturated rings. The number of aliphatic hydroxyl groups excluding tert-OH is 1. The maximum atomic E-state index is 14.6. The molecule has 180 valence electrons. The third kappa shape index (κ3) is 6.13. The molecule has 0 radical (unpaired) electrons. The Morgan fingerprint density at radius 1 is 1.28 bits per heavy atom. The van der Waals surface area contributed by atoms with Gasteiger partial charge in [-0.25, -0.2) is 31.8 Å². The number of hydrogen-bond acceptors (Lipinski definition) is 11. The number of phosphoric ester groups is 1. The maximum absolute atomic E-state index is 14.6. The van der Waals surface area contributed by atoms with Gasteiger partial charge in [-0.05, 0) is 10.6 Å². The summed E-state index contributed by atoms with van der Waals surface area (Å²) in [5.41, 5.74) is 7.33. The van der Waals surface area contributed by atoms with E-state index in [1.807, 2.05) is 0 Å². The van der Waals surface area contributed by atoms with Crippen molar-refractivity contribution in [3.63, 3.8) is 0 Å². The number of alkyl halides is 1. The van der Waals surface area contributed by atoms with E-state index in [2.05, 4.69) is 35.4 Å². The lowest BCUT2D eigenvalue weighted by Gasteiger charge is -2.28. The highest BCUT2D eigenvalue weighted by molar-refractivity contribution is 7.71. The highest BCUT2D eigenvalue weighted by atomic mass is 32.1. The Labute approximate surface area is 178 Å². The van der Waals surface area contributed by atoms with Crippen LogP contribution in [0.4, 0.5) is 8.78 Å². The number of phosphoric acid groups is 3. The Morgan fingerprint density at radius 2 is 1.88 bits per heavy atom. The van der Waals surface area contributed by atoms with Crippen LogP contribution in [0.5, 0.6) is 0 Å². The van der Waals surface area contributed by atoms with Crippen molar-refractivity contribution >= 4 is 35.7 Å². The van der Waals surface area contributed by atoms with Gasteiger partial charge in [0, 0.05) is 4.91 Å². The predicted molar refractivity (Wildman–Crippen MR) is 93.7 cm³/mol. The van der Waals surface area contributed by atoms with Crippen LogP contribution in [0.15, 0.2) is 16.1 Å². The minimum absolute atomic E-state index is 0.119. The van der Waals surface area contributed by atoms with E-state index in [0.717, 1.165) is 0 Å². The van der Waals surface area contributed by atoms with Crippen LogP contribution in [0.3, 0.4) is 0 Å². The predicted octanol–water partition coefficient (Wildman–Crippen LogP) is 0.580. The summed E-state index contributed by atoms with van der Waals surface area (Å²) >= 11 is 4.45. The zero-order chi connectivity index (χ0) is 24.7. The van der Waals surface area contributed by atoms with Crippen LogP contribution in [0.25, 0.3) is 10.4 Å². The van der Waals surface area contributed by atoms with Crippen LogP contribution in [0.1, 0.15) is 6.23 Å². The van der Waals surface area contributed by atoms with E-state index in [9.17, 15) is 37.3 Å². The van der Waals surface area contributed by atoms with E-state index in [1.54, 1.807) is 4.98 Å². The standard InChI is InChI=1S/C8H10F2N5O13P3S/c9-2-1-15(7(17)12-5(2)32)6-3(10)4(16)8(25-6,13-14-11)26-30(21,22)28-31(23,24)27-29(18,19)20/h1,3-4,6,16H,(H,21,22)(H,23,24)(H,12,17,32)(H2,18,19,20)/t3?,4-,6-,8+/m1/s1. The van der Waals surface area contributed by atoms with E-state index in [-0.39, 0.29) is 4.57 Å². The van der Waals surface area contributed by atoms with E-state index >= 15 is 0 Å². The molecule has 18 nitrogen and oxygen atoms in total. The molecule has 1 saturated heterocycles. The molecular weight excluding hydrogens is 537 g/mol. The molecule has 1 aliphatic rings. The molecule has 0 aliphatic carbocycles. The summed E-state index contributed by atoms with van der Waals surface area (Å²) in [6.07, 6.45) is -7.78. The van der Waals surface area contributed by atoms with Gasteiger partial charge in [0.2, 0.25) is 0 Å². The SMILES string of the molecule is [N-]=[N+]=N[C@]1(OP(=O)(O)OP(=O)(O)OP(=O)(O)O)O[C@@H](n2cc(F)c(=S)[nH]c2=O)C(F)[C@H]1O. The fourth-order valence-corrected chi connectivity index (χ4v) is 5.52. The van der Waals surface area contributed by atoms with Crippen molar-refractivity contribution in [2.45, 2.75) is 24.4 Å². The molecule has 2 rings (SSSR count). The Balaban J connectivity index is 2.44. The highest BCUT2D eigenvalue weighted by Gasteiger charge is 2.61. The van der Waals surface area contributed by atoms with E-state index in [0.29, 0.717) is 6.20 Å². The summed E-state index contributed by atoms with van der Waals surface area (Å²) in [4.78, 5) is 51.5. The van der Waals surface area contributed by atoms with Crippen molar-refractivity contribution in [3.8, 4) is 0 Å². The number of azide groups is 1. The largest absolute Gasteiger partial charge is 0.490 e. The minimum Gasteiger partial charge on any atom is -0.384 e. The zero-order valence-corrected chi connectivity index (χ0v) is 18.1. The fourth-order valence-electron chi connectivity index (χ4n) is 2.23. The lowest BCUT2D eigenvalue weighted by Crippen LogP contribution is -2.42. The van der Waals surface area contributed by atoms with Gasteiger partial charge in [0.25, 0.3) is 5.91 Å². The Morgan fingerprint density at radius 3 is 2.41 bits per heavy atom. The van der Waals surface area contributed by atoms with Crippen molar-refractivity contribution < 1.29 is 65.0 Å². The van der Waals surface area contributed by atoms with Gasteiger partial charge in [0.05, 0.1) is 6.20 Å². The van der Waals surface area contributed by atoms with Gasteiger partial charge in [-0.3, -0.25) is 9.55 Å². The monoisotopic (exact) mass is 547 g/mol. The van der Waals surface area contributed by atoms with Crippen molar-refractivity contribution in [2.75, 3.05) is 0 Å².